The van der Waals surface area contributed by atoms with Crippen molar-refractivity contribution >= 4 is 42.4 Å². The number of rotatable bonds is 5. The van der Waals surface area contributed by atoms with Gasteiger partial charge in [0.2, 0.25) is 0 Å². The second kappa shape index (κ2) is 11.4. The third kappa shape index (κ3) is 4.96. The molecule has 0 amide bonds. The number of hydrogen-bond acceptors (Lipinski definition) is 4. The molecule has 3 heterocycles. The van der Waals surface area contributed by atoms with Crippen LogP contribution in [0.2, 0.25) is 0 Å². The first-order valence-electron chi connectivity index (χ1n) is 15.7. The van der Waals surface area contributed by atoms with Crippen LogP contribution in [0.1, 0.15) is 0 Å². The molecule has 6 aromatic carbocycles. The molecule has 0 unspecified atom stereocenters. The zero-order valence-corrected chi connectivity index (χ0v) is 26.2. The van der Waals surface area contributed by atoms with Gasteiger partial charge in [-0.3, -0.25) is 0 Å². The summed E-state index contributed by atoms with van der Waals surface area (Å²) in [4.78, 5) is 15.5. The molecule has 220 valence electrons. The first kappa shape index (κ1) is 27.3. The highest BCUT2D eigenvalue weighted by Gasteiger charge is 2.17. The number of fused-ring (bicyclic) bond motifs is 5. The molecule has 4 heteroatoms. The minimum Gasteiger partial charge on any atom is -0.246 e. The van der Waals surface area contributed by atoms with Crippen LogP contribution in [0.5, 0.6) is 0 Å². The maximum absolute atomic E-state index is 5.24. The molecule has 9 aromatic rings. The number of hydrogen-bond donors (Lipinski definition) is 0. The molecule has 47 heavy (non-hydrogen) atoms. The molecular formula is C43H27N3S. The number of benzene rings is 6. The van der Waals surface area contributed by atoms with Gasteiger partial charge in [-0.15, -0.1) is 11.3 Å². The molecule has 9 rings (SSSR count). The summed E-state index contributed by atoms with van der Waals surface area (Å²) >= 11 is 1.80. The van der Waals surface area contributed by atoms with E-state index in [4.69, 9.17) is 15.0 Å². The van der Waals surface area contributed by atoms with E-state index in [-0.39, 0.29) is 0 Å². The van der Waals surface area contributed by atoms with E-state index in [1.807, 2.05) is 24.3 Å². The van der Waals surface area contributed by atoms with E-state index in [1.165, 1.54) is 36.7 Å². The maximum atomic E-state index is 5.24. The van der Waals surface area contributed by atoms with E-state index >= 15 is 0 Å². The van der Waals surface area contributed by atoms with Crippen molar-refractivity contribution in [1.29, 1.82) is 0 Å². The first-order chi connectivity index (χ1) is 23.3. The van der Waals surface area contributed by atoms with Crippen LogP contribution in [-0.2, 0) is 0 Å². The fourth-order valence-electron chi connectivity index (χ4n) is 6.38. The number of thiophene rings is 1. The molecule has 3 aromatic heterocycles. The SMILES string of the molecule is c1ccc(-c2ccc(-c3cc(-c4ccccc4)nc(-c4cccc(-c5nc6ccccc6c6c5sc5ccccc56)c4)n3)cc2)cc1. The topological polar surface area (TPSA) is 38.7 Å². The molecule has 0 fully saturated rings. The van der Waals surface area contributed by atoms with E-state index in [0.29, 0.717) is 5.82 Å². The molecule has 0 saturated heterocycles. The van der Waals surface area contributed by atoms with Crippen LogP contribution >= 0.6 is 11.3 Å². The third-order valence-corrected chi connectivity index (χ3v) is 9.87. The van der Waals surface area contributed by atoms with Gasteiger partial charge in [0.1, 0.15) is 0 Å². The van der Waals surface area contributed by atoms with Gasteiger partial charge in [-0.2, -0.15) is 0 Å². The van der Waals surface area contributed by atoms with Crippen LogP contribution < -0.4 is 0 Å². The Labute approximate surface area is 276 Å². The molecule has 3 nitrogen and oxygen atoms in total. The Hall–Kier alpha value is -5.97. The van der Waals surface area contributed by atoms with Crippen LogP contribution in [0.15, 0.2) is 164 Å². The Kier molecular flexibility index (Phi) is 6.65. The van der Waals surface area contributed by atoms with Crippen molar-refractivity contribution in [3.63, 3.8) is 0 Å². The second-order valence-corrected chi connectivity index (χ2v) is 12.7. The molecule has 0 bridgehead atoms. The van der Waals surface area contributed by atoms with Crippen molar-refractivity contribution < 1.29 is 0 Å². The summed E-state index contributed by atoms with van der Waals surface area (Å²) < 4.78 is 2.46. The van der Waals surface area contributed by atoms with Crippen molar-refractivity contribution in [2.45, 2.75) is 0 Å². The lowest BCUT2D eigenvalue weighted by atomic mass is 10.0. The molecule has 0 saturated carbocycles. The minimum atomic E-state index is 0.684. The summed E-state index contributed by atoms with van der Waals surface area (Å²) in [6.45, 7) is 0. The second-order valence-electron chi connectivity index (χ2n) is 11.6. The zero-order chi connectivity index (χ0) is 31.2. The third-order valence-electron chi connectivity index (χ3n) is 8.69. The van der Waals surface area contributed by atoms with E-state index in [2.05, 4.69) is 140 Å². The van der Waals surface area contributed by atoms with Gasteiger partial charge in [0, 0.05) is 43.1 Å². The fourth-order valence-corrected chi connectivity index (χ4v) is 7.61. The monoisotopic (exact) mass is 617 g/mol. The van der Waals surface area contributed by atoms with Crippen molar-refractivity contribution in [3.05, 3.63) is 164 Å². The number of pyridine rings is 1. The number of aromatic nitrogens is 3. The molecule has 0 atom stereocenters. The van der Waals surface area contributed by atoms with Gasteiger partial charge in [0.05, 0.1) is 27.3 Å². The fraction of sp³-hybridized carbons (Fsp3) is 0. The van der Waals surface area contributed by atoms with Gasteiger partial charge in [-0.25, -0.2) is 15.0 Å². The van der Waals surface area contributed by atoms with Crippen molar-refractivity contribution in [1.82, 2.24) is 15.0 Å². The summed E-state index contributed by atoms with van der Waals surface area (Å²) in [6.07, 6.45) is 0. The van der Waals surface area contributed by atoms with Gasteiger partial charge < -0.3 is 0 Å². The summed E-state index contributed by atoms with van der Waals surface area (Å²) in [6, 6.07) is 57.1. The predicted molar refractivity (Wildman–Crippen MR) is 197 cm³/mol. The molecule has 0 spiro atoms. The van der Waals surface area contributed by atoms with E-state index in [1.54, 1.807) is 11.3 Å². The smallest absolute Gasteiger partial charge is 0.160 e. The lowest BCUT2D eigenvalue weighted by molar-refractivity contribution is 1.18. The summed E-state index contributed by atoms with van der Waals surface area (Å²) in [5.74, 6) is 0.684. The van der Waals surface area contributed by atoms with Crippen molar-refractivity contribution in [2.75, 3.05) is 0 Å². The Balaban J connectivity index is 1.20. The van der Waals surface area contributed by atoms with Crippen molar-refractivity contribution in [3.8, 4) is 56.3 Å². The first-order valence-corrected chi connectivity index (χ1v) is 16.5. The molecular weight excluding hydrogens is 591 g/mol. The summed E-state index contributed by atoms with van der Waals surface area (Å²) in [5.41, 5.74) is 10.2. The normalized spacial score (nSPS) is 11.4. The molecule has 0 N–H and O–H groups in total. The Morgan fingerprint density at radius 2 is 0.936 bits per heavy atom. The van der Waals surface area contributed by atoms with Gasteiger partial charge in [-0.05, 0) is 35.4 Å². The quantitative estimate of drug-likeness (QED) is 0.193. The Morgan fingerprint density at radius 1 is 0.383 bits per heavy atom. The molecule has 0 radical (unpaired) electrons. The predicted octanol–water partition coefficient (Wildman–Crippen LogP) is 11.7. The molecule has 0 aliphatic heterocycles. The van der Waals surface area contributed by atoms with Crippen LogP contribution in [0.25, 0.3) is 87.4 Å². The minimum absolute atomic E-state index is 0.684. The summed E-state index contributed by atoms with van der Waals surface area (Å²) in [7, 11) is 0. The zero-order valence-electron chi connectivity index (χ0n) is 25.3. The number of nitrogens with zero attached hydrogens (tertiary/aromatic N) is 3. The van der Waals surface area contributed by atoms with Gasteiger partial charge >= 0.3 is 0 Å². The van der Waals surface area contributed by atoms with Crippen LogP contribution in [0.4, 0.5) is 0 Å². The highest BCUT2D eigenvalue weighted by molar-refractivity contribution is 7.26. The van der Waals surface area contributed by atoms with Crippen molar-refractivity contribution in [2.24, 2.45) is 0 Å². The van der Waals surface area contributed by atoms with E-state index in [9.17, 15) is 0 Å². The largest absolute Gasteiger partial charge is 0.246 e. The van der Waals surface area contributed by atoms with E-state index in [0.717, 1.165) is 44.9 Å². The lowest BCUT2D eigenvalue weighted by Gasteiger charge is -2.12. The van der Waals surface area contributed by atoms with Gasteiger partial charge in [-0.1, -0.05) is 140 Å². The Morgan fingerprint density at radius 3 is 1.70 bits per heavy atom. The van der Waals surface area contributed by atoms with Gasteiger partial charge in [0.15, 0.2) is 5.82 Å². The average Bonchev–Trinajstić information content (AvgIpc) is 3.55. The molecule has 0 aliphatic carbocycles. The highest BCUT2D eigenvalue weighted by Crippen LogP contribution is 2.43. The highest BCUT2D eigenvalue weighted by atomic mass is 32.1. The number of para-hydroxylation sites is 1. The van der Waals surface area contributed by atoms with Crippen LogP contribution in [0, 0.1) is 0 Å². The lowest BCUT2D eigenvalue weighted by Crippen LogP contribution is -1.96. The molecule has 0 aliphatic rings. The Bertz CT molecular complexity index is 2550. The van der Waals surface area contributed by atoms with Gasteiger partial charge in [0.25, 0.3) is 0 Å². The summed E-state index contributed by atoms with van der Waals surface area (Å²) in [5, 5.41) is 3.71. The average molecular weight is 618 g/mol. The standard InChI is InChI=1S/C43H27N3S/c1-3-12-28(13-4-1)29-22-24-31(25-23-29)38-27-37(30-14-5-2-6-15-30)45-43(46-38)33-17-11-16-32(26-33)41-42-40(34-18-7-9-20-36(34)44-41)35-19-8-10-21-39(35)47-42/h1-27H. The maximum Gasteiger partial charge on any atom is 0.160 e. The van der Waals surface area contributed by atoms with Crippen LogP contribution in [0.3, 0.4) is 0 Å². The van der Waals surface area contributed by atoms with Crippen LogP contribution in [-0.4, -0.2) is 15.0 Å². The van der Waals surface area contributed by atoms with E-state index < -0.39 is 0 Å².